The minimum absolute atomic E-state index is 0.0120. The number of piperazine rings is 1. The Balaban J connectivity index is 2.01. The van der Waals surface area contributed by atoms with Crippen LogP contribution in [0.15, 0.2) is 23.1 Å². The molecule has 2 rings (SSSR count). The predicted octanol–water partition coefficient (Wildman–Crippen LogP) is 3.65. The van der Waals surface area contributed by atoms with Gasteiger partial charge in [0.25, 0.3) is 0 Å². The first-order valence-corrected chi connectivity index (χ1v) is 10.7. The van der Waals surface area contributed by atoms with E-state index in [1.165, 1.54) is 16.4 Å². The van der Waals surface area contributed by atoms with Crippen molar-refractivity contribution < 1.29 is 13.2 Å². The lowest BCUT2D eigenvalue weighted by atomic mass is 10.0. The van der Waals surface area contributed by atoms with Gasteiger partial charge in [0.05, 0.1) is 5.02 Å². The first-order valence-electron chi connectivity index (χ1n) is 8.48. The SMILES string of the molecule is CCCC(C)CC(=O)N1CCN(S(=O)(=O)c2cc(Cl)ccc2Cl)CC1. The van der Waals surface area contributed by atoms with E-state index in [4.69, 9.17) is 23.2 Å². The van der Waals surface area contributed by atoms with Gasteiger partial charge >= 0.3 is 0 Å². The summed E-state index contributed by atoms with van der Waals surface area (Å²) < 4.78 is 26.9. The molecular formula is C17H24Cl2N2O3S. The normalized spacial score (nSPS) is 17.5. The molecule has 0 bridgehead atoms. The van der Waals surface area contributed by atoms with E-state index in [-0.39, 0.29) is 28.9 Å². The summed E-state index contributed by atoms with van der Waals surface area (Å²) in [6.45, 7) is 5.50. The molecule has 1 aromatic carbocycles. The van der Waals surface area contributed by atoms with Gasteiger partial charge in [0.1, 0.15) is 4.90 Å². The molecule has 1 aliphatic rings. The lowest BCUT2D eigenvalue weighted by Crippen LogP contribution is -2.50. The molecular weight excluding hydrogens is 383 g/mol. The topological polar surface area (TPSA) is 57.7 Å². The number of rotatable bonds is 6. The summed E-state index contributed by atoms with van der Waals surface area (Å²) in [6.07, 6.45) is 2.59. The van der Waals surface area contributed by atoms with Crippen LogP contribution in [0.25, 0.3) is 0 Å². The monoisotopic (exact) mass is 406 g/mol. The third-order valence-corrected chi connectivity index (χ3v) is 7.02. The van der Waals surface area contributed by atoms with Crippen LogP contribution in [0.4, 0.5) is 0 Å². The van der Waals surface area contributed by atoms with Gasteiger partial charge < -0.3 is 4.90 Å². The standard InChI is InChI=1S/C17H24Cl2N2O3S/c1-3-4-13(2)11-17(22)20-7-9-21(10-8-20)25(23,24)16-12-14(18)5-6-15(16)19/h5-6,12-13H,3-4,7-11H2,1-2H3. The van der Waals surface area contributed by atoms with Crippen molar-refractivity contribution in [1.82, 2.24) is 9.21 Å². The number of halogens is 2. The third-order valence-electron chi connectivity index (χ3n) is 4.41. The second-order valence-corrected chi connectivity index (χ2v) is 9.21. The average molecular weight is 407 g/mol. The summed E-state index contributed by atoms with van der Waals surface area (Å²) in [7, 11) is -3.72. The Kier molecular flexibility index (Phi) is 7.14. The zero-order valence-electron chi connectivity index (χ0n) is 14.5. The van der Waals surface area contributed by atoms with Crippen LogP contribution in [-0.4, -0.2) is 49.7 Å². The van der Waals surface area contributed by atoms with E-state index in [9.17, 15) is 13.2 Å². The molecule has 1 heterocycles. The van der Waals surface area contributed by atoms with Crippen LogP contribution in [0.3, 0.4) is 0 Å². The Hall–Kier alpha value is -0.820. The molecule has 0 aliphatic carbocycles. The smallest absolute Gasteiger partial charge is 0.244 e. The van der Waals surface area contributed by atoms with Crippen molar-refractivity contribution in [3.8, 4) is 0 Å². The van der Waals surface area contributed by atoms with E-state index in [1.807, 2.05) is 0 Å². The molecule has 1 unspecified atom stereocenters. The fourth-order valence-corrected chi connectivity index (χ4v) is 5.17. The summed E-state index contributed by atoms with van der Waals surface area (Å²) >= 11 is 11.9. The number of hydrogen-bond donors (Lipinski definition) is 0. The third kappa shape index (κ3) is 5.09. The molecule has 1 aromatic rings. The minimum Gasteiger partial charge on any atom is -0.340 e. The molecule has 8 heteroatoms. The second kappa shape index (κ2) is 8.71. The summed E-state index contributed by atoms with van der Waals surface area (Å²) in [4.78, 5) is 14.1. The zero-order valence-corrected chi connectivity index (χ0v) is 16.9. The Labute approximate surface area is 159 Å². The number of hydrogen-bond acceptors (Lipinski definition) is 3. The molecule has 1 saturated heterocycles. The van der Waals surface area contributed by atoms with Gasteiger partial charge in [-0.1, -0.05) is 49.9 Å². The number of sulfonamides is 1. The summed E-state index contributed by atoms with van der Waals surface area (Å²) in [6, 6.07) is 4.39. The number of nitrogens with zero attached hydrogens (tertiary/aromatic N) is 2. The van der Waals surface area contributed by atoms with Gasteiger partial charge in [-0.15, -0.1) is 0 Å². The average Bonchev–Trinajstić information content (AvgIpc) is 2.57. The van der Waals surface area contributed by atoms with Gasteiger partial charge in [-0.05, 0) is 24.1 Å². The van der Waals surface area contributed by atoms with Gasteiger partial charge in [-0.3, -0.25) is 4.79 Å². The Morgan fingerprint density at radius 1 is 1.20 bits per heavy atom. The summed E-state index contributed by atoms with van der Waals surface area (Å²) in [5.74, 6) is 0.448. The quantitative estimate of drug-likeness (QED) is 0.723. The lowest BCUT2D eigenvalue weighted by molar-refractivity contribution is -0.133. The van der Waals surface area contributed by atoms with Crippen LogP contribution in [0, 0.1) is 5.92 Å². The molecule has 25 heavy (non-hydrogen) atoms. The maximum absolute atomic E-state index is 12.8. The predicted molar refractivity (Wildman–Crippen MR) is 100 cm³/mol. The largest absolute Gasteiger partial charge is 0.340 e. The highest BCUT2D eigenvalue weighted by molar-refractivity contribution is 7.89. The summed E-state index contributed by atoms with van der Waals surface area (Å²) in [5, 5.41) is 0.470. The molecule has 0 radical (unpaired) electrons. The van der Waals surface area contributed by atoms with Gasteiger partial charge in [0, 0.05) is 37.6 Å². The van der Waals surface area contributed by atoms with Crippen LogP contribution < -0.4 is 0 Å². The maximum atomic E-state index is 12.8. The van der Waals surface area contributed by atoms with E-state index < -0.39 is 10.0 Å². The van der Waals surface area contributed by atoms with Crippen molar-refractivity contribution >= 4 is 39.1 Å². The molecule has 1 amide bonds. The molecule has 0 saturated carbocycles. The van der Waals surface area contributed by atoms with Crippen molar-refractivity contribution in [3.05, 3.63) is 28.2 Å². The number of amides is 1. The minimum atomic E-state index is -3.72. The van der Waals surface area contributed by atoms with E-state index in [0.29, 0.717) is 30.5 Å². The number of carbonyl (C=O) groups excluding carboxylic acids is 1. The van der Waals surface area contributed by atoms with Gasteiger partial charge in [-0.2, -0.15) is 4.31 Å². The molecule has 1 fully saturated rings. The molecule has 0 N–H and O–H groups in total. The van der Waals surface area contributed by atoms with Crippen molar-refractivity contribution in [2.45, 2.75) is 38.0 Å². The molecule has 1 atom stereocenters. The van der Waals surface area contributed by atoms with E-state index >= 15 is 0 Å². The van der Waals surface area contributed by atoms with E-state index in [1.54, 1.807) is 11.0 Å². The maximum Gasteiger partial charge on any atom is 0.244 e. The lowest BCUT2D eigenvalue weighted by Gasteiger charge is -2.34. The fourth-order valence-electron chi connectivity index (χ4n) is 3.01. The van der Waals surface area contributed by atoms with Crippen molar-refractivity contribution in [2.24, 2.45) is 5.92 Å². The first-order chi connectivity index (χ1) is 11.8. The Morgan fingerprint density at radius 2 is 1.84 bits per heavy atom. The molecule has 5 nitrogen and oxygen atoms in total. The highest BCUT2D eigenvalue weighted by Crippen LogP contribution is 2.28. The molecule has 140 valence electrons. The summed E-state index contributed by atoms with van der Waals surface area (Å²) in [5.41, 5.74) is 0. The van der Waals surface area contributed by atoms with Gasteiger partial charge in [0.15, 0.2) is 0 Å². The molecule has 1 aliphatic heterocycles. The van der Waals surface area contributed by atoms with Gasteiger partial charge in [0.2, 0.25) is 15.9 Å². The van der Waals surface area contributed by atoms with Crippen LogP contribution in [0.1, 0.15) is 33.1 Å². The van der Waals surface area contributed by atoms with E-state index in [2.05, 4.69) is 13.8 Å². The highest BCUT2D eigenvalue weighted by Gasteiger charge is 2.31. The molecule has 0 aromatic heterocycles. The van der Waals surface area contributed by atoms with Crippen molar-refractivity contribution in [3.63, 3.8) is 0 Å². The Morgan fingerprint density at radius 3 is 2.44 bits per heavy atom. The highest BCUT2D eigenvalue weighted by atomic mass is 35.5. The number of carbonyl (C=O) groups is 1. The van der Waals surface area contributed by atoms with Crippen LogP contribution in [-0.2, 0) is 14.8 Å². The zero-order chi connectivity index (χ0) is 18.6. The van der Waals surface area contributed by atoms with Gasteiger partial charge in [-0.25, -0.2) is 8.42 Å². The van der Waals surface area contributed by atoms with Crippen LogP contribution >= 0.6 is 23.2 Å². The van der Waals surface area contributed by atoms with Crippen LogP contribution in [0.5, 0.6) is 0 Å². The Bertz CT molecular complexity index is 717. The molecule has 0 spiro atoms. The fraction of sp³-hybridized carbons (Fsp3) is 0.588. The van der Waals surface area contributed by atoms with Crippen molar-refractivity contribution in [2.75, 3.05) is 26.2 Å². The van der Waals surface area contributed by atoms with E-state index in [0.717, 1.165) is 12.8 Å². The number of benzene rings is 1. The second-order valence-electron chi connectivity index (χ2n) is 6.46. The first kappa shape index (κ1) is 20.5. The van der Waals surface area contributed by atoms with Crippen molar-refractivity contribution in [1.29, 1.82) is 0 Å². The van der Waals surface area contributed by atoms with Crippen LogP contribution in [0.2, 0.25) is 10.0 Å².